The molecule has 1 fully saturated rings. The summed E-state index contributed by atoms with van der Waals surface area (Å²) in [5, 5.41) is 6.44. The van der Waals surface area contributed by atoms with Gasteiger partial charge in [-0.3, -0.25) is 0 Å². The summed E-state index contributed by atoms with van der Waals surface area (Å²) in [7, 11) is -3.61. The first-order valence-electron chi connectivity index (χ1n) is 3.59. The molecule has 0 atom stereocenters. The number of hydrogen-bond donors (Lipinski definition) is 5. The summed E-state index contributed by atoms with van der Waals surface area (Å²) < 4.78 is 0. The zero-order valence-electron chi connectivity index (χ0n) is 6.67. The van der Waals surface area contributed by atoms with Crippen molar-refractivity contribution in [2.75, 3.05) is 32.8 Å². The standard InChI is InChI=1S/C4H10N2.CH7O3P/c1-2-6-4-3-5-1;1-5(2,3)4/h5-6H,1-4H2;2-5H,1H3. The zero-order chi connectivity index (χ0) is 8.74. The van der Waals surface area contributed by atoms with Crippen molar-refractivity contribution < 1.29 is 14.7 Å². The van der Waals surface area contributed by atoms with Gasteiger partial charge in [0.2, 0.25) is 0 Å². The number of hydrogen-bond acceptors (Lipinski definition) is 5. The molecule has 1 aliphatic heterocycles. The van der Waals surface area contributed by atoms with Gasteiger partial charge in [-0.25, -0.2) is 0 Å². The fourth-order valence-corrected chi connectivity index (χ4v) is 0.604. The normalized spacial score (nSPS) is 20.0. The van der Waals surface area contributed by atoms with E-state index in [0.717, 1.165) is 32.8 Å². The Balaban J connectivity index is 0.000000187. The van der Waals surface area contributed by atoms with E-state index in [1.54, 1.807) is 0 Å². The second-order valence-corrected chi connectivity index (χ2v) is 4.41. The van der Waals surface area contributed by atoms with Gasteiger partial charge < -0.3 is 10.6 Å². The van der Waals surface area contributed by atoms with Gasteiger partial charge in [0, 0.05) is 26.2 Å². The molecule has 0 spiro atoms. The Morgan fingerprint density at radius 1 is 0.909 bits per heavy atom. The van der Waals surface area contributed by atoms with Crippen molar-refractivity contribution in [1.29, 1.82) is 0 Å². The van der Waals surface area contributed by atoms with Gasteiger partial charge in [0.1, 0.15) is 0 Å². The Morgan fingerprint density at radius 2 is 1.09 bits per heavy atom. The Hall–Kier alpha value is 0.230. The molecule has 0 saturated carbocycles. The van der Waals surface area contributed by atoms with E-state index in [1.165, 1.54) is 0 Å². The predicted octanol–water partition coefficient (Wildman–Crippen LogP) is -1.73. The maximum atomic E-state index is 7.77. The maximum absolute atomic E-state index is 7.77. The van der Waals surface area contributed by atoms with E-state index in [2.05, 4.69) is 10.6 Å². The first-order chi connectivity index (χ1) is 5.00. The first-order valence-corrected chi connectivity index (χ1v) is 5.93. The SMILES string of the molecule is C1CNCCN1.C[PH](O)(O)O. The Bertz CT molecular complexity index is 74.7. The summed E-state index contributed by atoms with van der Waals surface area (Å²) >= 11 is 0. The molecule has 0 aromatic rings. The number of piperazine rings is 1. The van der Waals surface area contributed by atoms with Crippen molar-refractivity contribution in [2.24, 2.45) is 0 Å². The molecule has 1 heterocycles. The average Bonchev–Trinajstić information content (AvgIpc) is 1.88. The van der Waals surface area contributed by atoms with Crippen LogP contribution in [0.25, 0.3) is 0 Å². The molecule has 70 valence electrons. The fraction of sp³-hybridized carbons (Fsp3) is 1.00. The van der Waals surface area contributed by atoms with Crippen LogP contribution in [0.15, 0.2) is 0 Å². The Kier molecular flexibility index (Phi) is 5.95. The third-order valence-corrected chi connectivity index (χ3v) is 0.957. The van der Waals surface area contributed by atoms with Gasteiger partial charge in [-0.15, -0.1) is 0 Å². The molecule has 0 bridgehead atoms. The van der Waals surface area contributed by atoms with Crippen LogP contribution in [-0.4, -0.2) is 47.5 Å². The first kappa shape index (κ1) is 11.2. The average molecular weight is 184 g/mol. The summed E-state index contributed by atoms with van der Waals surface area (Å²) in [5.74, 6) is 0. The van der Waals surface area contributed by atoms with Crippen LogP contribution in [0.5, 0.6) is 0 Å². The molecule has 0 aromatic carbocycles. The molecule has 0 aromatic heterocycles. The van der Waals surface area contributed by atoms with Crippen molar-refractivity contribution in [3.05, 3.63) is 0 Å². The van der Waals surface area contributed by atoms with Gasteiger partial charge in [0.25, 0.3) is 0 Å². The van der Waals surface area contributed by atoms with E-state index in [0.29, 0.717) is 0 Å². The van der Waals surface area contributed by atoms with Crippen LogP contribution in [0.2, 0.25) is 0 Å². The molecule has 5 nitrogen and oxygen atoms in total. The number of rotatable bonds is 0. The third-order valence-electron chi connectivity index (χ3n) is 0.957. The second kappa shape index (κ2) is 5.83. The van der Waals surface area contributed by atoms with E-state index >= 15 is 0 Å². The Morgan fingerprint density at radius 3 is 1.18 bits per heavy atom. The second-order valence-electron chi connectivity index (χ2n) is 2.47. The summed E-state index contributed by atoms with van der Waals surface area (Å²) in [4.78, 5) is 23.3. The monoisotopic (exact) mass is 184 g/mol. The third kappa shape index (κ3) is 17.9. The fourth-order valence-electron chi connectivity index (χ4n) is 0.604. The molecule has 1 rings (SSSR count). The van der Waals surface area contributed by atoms with Crippen molar-refractivity contribution in [3.8, 4) is 0 Å². The van der Waals surface area contributed by atoms with Crippen molar-refractivity contribution >= 4 is 7.94 Å². The van der Waals surface area contributed by atoms with Crippen LogP contribution < -0.4 is 10.6 Å². The van der Waals surface area contributed by atoms with Gasteiger partial charge in [-0.05, 0) is 0 Å². The predicted molar refractivity (Wildman–Crippen MR) is 46.6 cm³/mol. The van der Waals surface area contributed by atoms with E-state index in [9.17, 15) is 0 Å². The summed E-state index contributed by atoms with van der Waals surface area (Å²) in [5.41, 5.74) is 0. The van der Waals surface area contributed by atoms with E-state index in [-0.39, 0.29) is 0 Å². The molecule has 1 saturated heterocycles. The molecule has 0 aliphatic carbocycles. The molecule has 5 N–H and O–H groups in total. The molecular weight excluding hydrogens is 167 g/mol. The molecule has 0 amide bonds. The summed E-state index contributed by atoms with van der Waals surface area (Å²) in [6.45, 7) is 5.55. The number of nitrogens with one attached hydrogen (secondary N) is 2. The zero-order valence-corrected chi connectivity index (χ0v) is 7.67. The van der Waals surface area contributed by atoms with Gasteiger partial charge >= 0.3 is 29.3 Å². The molecule has 1 aliphatic rings. The minimum absolute atomic E-state index is 0.993. The molecular formula is C5H17N2O3P. The van der Waals surface area contributed by atoms with Crippen molar-refractivity contribution in [2.45, 2.75) is 0 Å². The van der Waals surface area contributed by atoms with E-state index < -0.39 is 7.94 Å². The van der Waals surface area contributed by atoms with Gasteiger partial charge in [-0.1, -0.05) is 0 Å². The van der Waals surface area contributed by atoms with Crippen LogP contribution in [0.3, 0.4) is 0 Å². The molecule has 11 heavy (non-hydrogen) atoms. The van der Waals surface area contributed by atoms with Crippen molar-refractivity contribution in [1.82, 2.24) is 10.6 Å². The van der Waals surface area contributed by atoms with Crippen LogP contribution in [-0.2, 0) is 0 Å². The van der Waals surface area contributed by atoms with Gasteiger partial charge in [-0.2, -0.15) is 0 Å². The van der Waals surface area contributed by atoms with E-state index in [1.807, 2.05) is 0 Å². The van der Waals surface area contributed by atoms with Crippen LogP contribution in [0.4, 0.5) is 0 Å². The summed E-state index contributed by atoms with van der Waals surface area (Å²) in [6, 6.07) is 0. The Labute approximate surface area is 67.0 Å². The van der Waals surface area contributed by atoms with Crippen molar-refractivity contribution in [3.63, 3.8) is 0 Å². The summed E-state index contributed by atoms with van der Waals surface area (Å²) in [6.07, 6.45) is 0. The topological polar surface area (TPSA) is 84.8 Å². The minimum atomic E-state index is -3.61. The van der Waals surface area contributed by atoms with Crippen LogP contribution in [0, 0.1) is 0 Å². The molecule has 6 heteroatoms. The van der Waals surface area contributed by atoms with Crippen LogP contribution >= 0.6 is 7.94 Å². The van der Waals surface area contributed by atoms with Gasteiger partial charge in [0.15, 0.2) is 0 Å². The van der Waals surface area contributed by atoms with Gasteiger partial charge in [0.05, 0.1) is 0 Å². The molecule has 0 unspecified atom stereocenters. The quantitative estimate of drug-likeness (QED) is 0.289. The molecule has 0 radical (unpaired) electrons. The van der Waals surface area contributed by atoms with Crippen LogP contribution in [0.1, 0.15) is 0 Å². The van der Waals surface area contributed by atoms with E-state index in [4.69, 9.17) is 14.7 Å².